The van der Waals surface area contributed by atoms with Crippen molar-refractivity contribution in [2.45, 2.75) is 19.5 Å². The SMILES string of the molecule is Cc1nnc(NC(=O)Cc2cccc(C(F)(F)F)c2)s1. The lowest BCUT2D eigenvalue weighted by Crippen LogP contribution is -2.15. The van der Waals surface area contributed by atoms with Crippen molar-refractivity contribution in [1.29, 1.82) is 0 Å². The number of nitrogens with one attached hydrogen (secondary N) is 1. The average Bonchev–Trinajstić information content (AvgIpc) is 2.73. The molecule has 2 rings (SSSR count). The lowest BCUT2D eigenvalue weighted by Gasteiger charge is -2.08. The van der Waals surface area contributed by atoms with E-state index in [2.05, 4.69) is 15.5 Å². The maximum absolute atomic E-state index is 12.5. The molecule has 1 N–H and O–H groups in total. The predicted octanol–water partition coefficient (Wildman–Crippen LogP) is 3.05. The molecule has 1 aromatic heterocycles. The summed E-state index contributed by atoms with van der Waals surface area (Å²) in [5, 5.41) is 11.0. The minimum Gasteiger partial charge on any atom is -0.300 e. The van der Waals surface area contributed by atoms with Crippen molar-refractivity contribution >= 4 is 22.4 Å². The fourth-order valence-corrected chi connectivity index (χ4v) is 2.16. The van der Waals surface area contributed by atoms with Crippen molar-refractivity contribution in [3.05, 3.63) is 40.4 Å². The number of halogens is 3. The van der Waals surface area contributed by atoms with Crippen molar-refractivity contribution in [3.63, 3.8) is 0 Å². The van der Waals surface area contributed by atoms with Crippen LogP contribution in [0.3, 0.4) is 0 Å². The molecule has 0 radical (unpaired) electrons. The second-order valence-corrected chi connectivity index (χ2v) is 5.23. The van der Waals surface area contributed by atoms with Crippen molar-refractivity contribution in [1.82, 2.24) is 10.2 Å². The van der Waals surface area contributed by atoms with E-state index in [9.17, 15) is 18.0 Å². The fraction of sp³-hybridized carbons (Fsp3) is 0.250. The summed E-state index contributed by atoms with van der Waals surface area (Å²) in [5.41, 5.74) is -0.479. The maximum atomic E-state index is 12.5. The monoisotopic (exact) mass is 301 g/mol. The molecule has 106 valence electrons. The van der Waals surface area contributed by atoms with Crippen LogP contribution in [0.15, 0.2) is 24.3 Å². The zero-order valence-electron chi connectivity index (χ0n) is 10.4. The second kappa shape index (κ2) is 5.58. The van der Waals surface area contributed by atoms with Crippen molar-refractivity contribution < 1.29 is 18.0 Å². The minimum atomic E-state index is -4.41. The first-order valence-electron chi connectivity index (χ1n) is 5.61. The van der Waals surface area contributed by atoms with Crippen LogP contribution in [0.25, 0.3) is 0 Å². The van der Waals surface area contributed by atoms with Gasteiger partial charge in [-0.15, -0.1) is 10.2 Å². The number of anilines is 1. The Kier molecular flexibility index (Phi) is 4.03. The van der Waals surface area contributed by atoms with Crippen LogP contribution in [0, 0.1) is 6.92 Å². The van der Waals surface area contributed by atoms with Gasteiger partial charge in [0.05, 0.1) is 12.0 Å². The Morgan fingerprint density at radius 1 is 1.35 bits per heavy atom. The van der Waals surface area contributed by atoms with Crippen LogP contribution in [-0.2, 0) is 17.4 Å². The molecule has 1 heterocycles. The Morgan fingerprint density at radius 2 is 2.10 bits per heavy atom. The maximum Gasteiger partial charge on any atom is 0.416 e. The number of aryl methyl sites for hydroxylation is 1. The number of carbonyl (C=O) groups is 1. The molecule has 20 heavy (non-hydrogen) atoms. The Balaban J connectivity index is 2.04. The van der Waals surface area contributed by atoms with Gasteiger partial charge in [0.15, 0.2) is 0 Å². The van der Waals surface area contributed by atoms with Gasteiger partial charge in [0.2, 0.25) is 11.0 Å². The van der Waals surface area contributed by atoms with Gasteiger partial charge in [0.1, 0.15) is 5.01 Å². The molecule has 0 unspecified atom stereocenters. The third-order valence-corrected chi connectivity index (χ3v) is 3.15. The van der Waals surface area contributed by atoms with Gasteiger partial charge in [-0.25, -0.2) is 0 Å². The number of nitrogens with zero attached hydrogens (tertiary/aromatic N) is 2. The van der Waals surface area contributed by atoms with Crippen LogP contribution in [0.5, 0.6) is 0 Å². The molecular weight excluding hydrogens is 291 g/mol. The van der Waals surface area contributed by atoms with Gasteiger partial charge in [-0.1, -0.05) is 29.5 Å². The van der Waals surface area contributed by atoms with E-state index in [1.165, 1.54) is 23.5 Å². The highest BCUT2D eigenvalue weighted by Gasteiger charge is 2.30. The van der Waals surface area contributed by atoms with Crippen molar-refractivity contribution in [2.24, 2.45) is 0 Å². The smallest absolute Gasteiger partial charge is 0.300 e. The molecule has 1 aromatic carbocycles. The van der Waals surface area contributed by atoms with Gasteiger partial charge >= 0.3 is 6.18 Å². The molecule has 0 aliphatic carbocycles. The lowest BCUT2D eigenvalue weighted by atomic mass is 10.1. The van der Waals surface area contributed by atoms with Crippen LogP contribution < -0.4 is 5.32 Å². The van der Waals surface area contributed by atoms with E-state index >= 15 is 0 Å². The topological polar surface area (TPSA) is 54.9 Å². The Bertz CT molecular complexity index is 624. The lowest BCUT2D eigenvalue weighted by molar-refractivity contribution is -0.137. The van der Waals surface area contributed by atoms with Crippen LogP contribution >= 0.6 is 11.3 Å². The molecule has 0 atom stereocenters. The fourth-order valence-electron chi connectivity index (χ4n) is 1.55. The number of benzene rings is 1. The van der Waals surface area contributed by atoms with E-state index in [1.54, 1.807) is 6.92 Å². The molecule has 0 bridgehead atoms. The van der Waals surface area contributed by atoms with Gasteiger partial charge < -0.3 is 5.32 Å². The van der Waals surface area contributed by atoms with E-state index in [0.717, 1.165) is 12.1 Å². The van der Waals surface area contributed by atoms with Gasteiger partial charge in [-0.2, -0.15) is 13.2 Å². The zero-order valence-corrected chi connectivity index (χ0v) is 11.2. The predicted molar refractivity (Wildman–Crippen MR) is 68.4 cm³/mol. The molecule has 0 saturated heterocycles. The van der Waals surface area contributed by atoms with E-state index in [0.29, 0.717) is 15.7 Å². The third kappa shape index (κ3) is 3.77. The largest absolute Gasteiger partial charge is 0.416 e. The van der Waals surface area contributed by atoms with Crippen molar-refractivity contribution in [2.75, 3.05) is 5.32 Å². The molecule has 2 aromatic rings. The normalized spacial score (nSPS) is 11.4. The summed E-state index contributed by atoms with van der Waals surface area (Å²) in [5.74, 6) is -0.430. The minimum absolute atomic E-state index is 0.150. The first kappa shape index (κ1) is 14.4. The quantitative estimate of drug-likeness (QED) is 0.948. The Labute approximate surface area is 116 Å². The van der Waals surface area contributed by atoms with E-state index in [1.807, 2.05) is 0 Å². The molecule has 0 spiro atoms. The summed E-state index contributed by atoms with van der Waals surface area (Å²) >= 11 is 1.20. The highest BCUT2D eigenvalue weighted by molar-refractivity contribution is 7.15. The number of hydrogen-bond acceptors (Lipinski definition) is 4. The van der Waals surface area contributed by atoms with Crippen LogP contribution in [0.1, 0.15) is 16.1 Å². The van der Waals surface area contributed by atoms with E-state index in [4.69, 9.17) is 0 Å². The first-order chi connectivity index (χ1) is 9.34. The summed E-state index contributed by atoms with van der Waals surface area (Å²) in [4.78, 5) is 11.7. The van der Waals surface area contributed by atoms with Gasteiger partial charge in [0, 0.05) is 0 Å². The van der Waals surface area contributed by atoms with Crippen molar-refractivity contribution in [3.8, 4) is 0 Å². The summed E-state index contributed by atoms with van der Waals surface area (Å²) < 4.78 is 37.6. The number of hydrogen-bond donors (Lipinski definition) is 1. The molecule has 0 saturated carbocycles. The third-order valence-electron chi connectivity index (χ3n) is 2.39. The Morgan fingerprint density at radius 3 is 2.70 bits per heavy atom. The number of amides is 1. The molecule has 0 aliphatic rings. The second-order valence-electron chi connectivity index (χ2n) is 4.05. The number of alkyl halides is 3. The molecule has 1 amide bonds. The summed E-state index contributed by atoms with van der Waals surface area (Å²) in [6, 6.07) is 4.68. The average molecular weight is 301 g/mol. The number of rotatable bonds is 3. The highest BCUT2D eigenvalue weighted by atomic mass is 32.1. The molecular formula is C12H10F3N3OS. The molecule has 0 fully saturated rings. The number of aromatic nitrogens is 2. The van der Waals surface area contributed by atoms with Gasteiger partial charge in [-0.05, 0) is 18.6 Å². The summed E-state index contributed by atoms with van der Waals surface area (Å²) in [6.07, 6.45) is -4.56. The van der Waals surface area contributed by atoms with Crippen LogP contribution in [0.4, 0.5) is 18.3 Å². The highest BCUT2D eigenvalue weighted by Crippen LogP contribution is 2.29. The summed E-state index contributed by atoms with van der Waals surface area (Å²) in [6.45, 7) is 1.74. The Hall–Kier alpha value is -1.96. The van der Waals surface area contributed by atoms with E-state index in [-0.39, 0.29) is 6.42 Å². The zero-order chi connectivity index (χ0) is 14.8. The standard InChI is InChI=1S/C12H10F3N3OS/c1-7-17-18-11(20-7)16-10(19)6-8-3-2-4-9(5-8)12(13,14)15/h2-5H,6H2,1H3,(H,16,18,19). The van der Waals surface area contributed by atoms with Gasteiger partial charge in [-0.3, -0.25) is 4.79 Å². The van der Waals surface area contributed by atoms with Crippen LogP contribution in [0.2, 0.25) is 0 Å². The molecule has 0 aliphatic heterocycles. The molecule has 8 heteroatoms. The first-order valence-corrected chi connectivity index (χ1v) is 6.42. The summed E-state index contributed by atoms with van der Waals surface area (Å²) in [7, 11) is 0. The van der Waals surface area contributed by atoms with Gasteiger partial charge in [0.25, 0.3) is 0 Å². The number of carbonyl (C=O) groups excluding carboxylic acids is 1. The molecule has 4 nitrogen and oxygen atoms in total. The van der Waals surface area contributed by atoms with E-state index < -0.39 is 17.6 Å². The van der Waals surface area contributed by atoms with Crippen LogP contribution in [-0.4, -0.2) is 16.1 Å².